The molecule has 0 bridgehead atoms. The molecule has 2 heterocycles. The third-order valence-corrected chi connectivity index (χ3v) is 4.14. The molecule has 1 saturated heterocycles. The number of fused-ring (bicyclic) bond motifs is 1. The Morgan fingerprint density at radius 2 is 2.18 bits per heavy atom. The fraction of sp³-hybridized carbons (Fsp3) is 0.600. The summed E-state index contributed by atoms with van der Waals surface area (Å²) >= 11 is 0. The summed E-state index contributed by atoms with van der Waals surface area (Å²) in [5.41, 5.74) is 0. The monoisotopic (exact) mass is 302 g/mol. The lowest BCUT2D eigenvalue weighted by Gasteiger charge is -2.43. The summed E-state index contributed by atoms with van der Waals surface area (Å²) in [7, 11) is 0. The van der Waals surface area contributed by atoms with Gasteiger partial charge in [0.05, 0.1) is 31.1 Å². The molecule has 1 aliphatic carbocycles. The molecule has 0 spiro atoms. The lowest BCUT2D eigenvalue weighted by atomic mass is 9.90. The molecule has 2 unspecified atom stereocenters. The quantitative estimate of drug-likeness (QED) is 0.824. The molecule has 2 atom stereocenters. The second kappa shape index (κ2) is 6.71. The molecule has 0 N–H and O–H groups in total. The highest BCUT2D eigenvalue weighted by atomic mass is 16.5. The summed E-state index contributed by atoms with van der Waals surface area (Å²) in [6, 6.07) is 2.01. The smallest absolute Gasteiger partial charge is 0.260 e. The van der Waals surface area contributed by atoms with Crippen LogP contribution in [-0.4, -0.2) is 52.7 Å². The van der Waals surface area contributed by atoms with E-state index in [0.29, 0.717) is 18.9 Å². The Kier molecular flexibility index (Phi) is 4.49. The normalized spacial score (nSPS) is 24.2. The molecule has 1 aliphatic heterocycles. The Balaban J connectivity index is 1.57. The SMILES string of the molecule is N#Cc1ncc(OCC(=O)N2CCOC3CCCCC32)cn1. The Labute approximate surface area is 128 Å². The van der Waals surface area contributed by atoms with E-state index in [9.17, 15) is 4.79 Å². The number of morpholine rings is 1. The molecule has 1 aromatic rings. The topological polar surface area (TPSA) is 88.3 Å². The first kappa shape index (κ1) is 14.7. The minimum absolute atomic E-state index is 0.0374. The van der Waals surface area contributed by atoms with Crippen molar-refractivity contribution in [3.63, 3.8) is 0 Å². The Morgan fingerprint density at radius 3 is 2.95 bits per heavy atom. The van der Waals surface area contributed by atoms with Crippen LogP contribution in [-0.2, 0) is 9.53 Å². The van der Waals surface area contributed by atoms with Crippen LogP contribution in [0.5, 0.6) is 5.75 Å². The van der Waals surface area contributed by atoms with Crippen LogP contribution in [0.3, 0.4) is 0 Å². The maximum absolute atomic E-state index is 12.4. The fourth-order valence-corrected chi connectivity index (χ4v) is 3.08. The number of nitrogens with zero attached hydrogens (tertiary/aromatic N) is 4. The molecular formula is C15H18N4O3. The van der Waals surface area contributed by atoms with E-state index < -0.39 is 0 Å². The van der Waals surface area contributed by atoms with Crippen LogP contribution >= 0.6 is 0 Å². The number of carbonyl (C=O) groups excluding carboxylic acids is 1. The zero-order valence-electron chi connectivity index (χ0n) is 12.3. The van der Waals surface area contributed by atoms with Gasteiger partial charge in [0, 0.05) is 6.54 Å². The Hall–Kier alpha value is -2.20. The van der Waals surface area contributed by atoms with Crippen LogP contribution in [0.15, 0.2) is 12.4 Å². The van der Waals surface area contributed by atoms with Crippen molar-refractivity contribution in [2.45, 2.75) is 37.8 Å². The number of rotatable bonds is 3. The van der Waals surface area contributed by atoms with Gasteiger partial charge in [-0.25, -0.2) is 9.97 Å². The average molecular weight is 302 g/mol. The molecule has 22 heavy (non-hydrogen) atoms. The zero-order valence-corrected chi connectivity index (χ0v) is 12.3. The van der Waals surface area contributed by atoms with Gasteiger partial charge < -0.3 is 14.4 Å². The van der Waals surface area contributed by atoms with Crippen LogP contribution in [0.2, 0.25) is 0 Å². The second-order valence-corrected chi connectivity index (χ2v) is 5.49. The highest BCUT2D eigenvalue weighted by Crippen LogP contribution is 2.28. The number of nitriles is 1. The summed E-state index contributed by atoms with van der Waals surface area (Å²) in [5.74, 6) is 0.433. The van der Waals surface area contributed by atoms with Gasteiger partial charge in [-0.2, -0.15) is 5.26 Å². The molecule has 0 aromatic carbocycles. The van der Waals surface area contributed by atoms with Crippen molar-refractivity contribution in [1.82, 2.24) is 14.9 Å². The molecule has 7 heteroatoms. The first-order valence-electron chi connectivity index (χ1n) is 7.54. The molecule has 2 fully saturated rings. The van der Waals surface area contributed by atoms with Crippen LogP contribution in [0.4, 0.5) is 0 Å². The molecule has 1 aromatic heterocycles. The predicted octanol–water partition coefficient (Wildman–Crippen LogP) is 0.897. The van der Waals surface area contributed by atoms with Crippen molar-refractivity contribution >= 4 is 5.91 Å². The van der Waals surface area contributed by atoms with Gasteiger partial charge >= 0.3 is 0 Å². The number of aromatic nitrogens is 2. The van der Waals surface area contributed by atoms with Crippen LogP contribution in [0.1, 0.15) is 31.5 Å². The molecular weight excluding hydrogens is 284 g/mol. The van der Waals surface area contributed by atoms with Gasteiger partial charge in [0.15, 0.2) is 12.4 Å². The lowest BCUT2D eigenvalue weighted by molar-refractivity contribution is -0.151. The van der Waals surface area contributed by atoms with Gasteiger partial charge in [-0.05, 0) is 12.8 Å². The zero-order chi connectivity index (χ0) is 15.4. The maximum atomic E-state index is 12.4. The number of carbonyl (C=O) groups is 1. The van der Waals surface area contributed by atoms with E-state index in [-0.39, 0.29) is 30.5 Å². The minimum atomic E-state index is -0.0432. The van der Waals surface area contributed by atoms with Crippen LogP contribution in [0, 0.1) is 11.3 Å². The van der Waals surface area contributed by atoms with Gasteiger partial charge in [0.2, 0.25) is 5.82 Å². The van der Waals surface area contributed by atoms with E-state index in [4.69, 9.17) is 14.7 Å². The van der Waals surface area contributed by atoms with Gasteiger partial charge in [-0.1, -0.05) is 12.8 Å². The first-order chi connectivity index (χ1) is 10.8. The highest BCUT2D eigenvalue weighted by molar-refractivity contribution is 5.78. The predicted molar refractivity (Wildman–Crippen MR) is 76.0 cm³/mol. The molecule has 2 aliphatic rings. The van der Waals surface area contributed by atoms with Crippen molar-refractivity contribution < 1.29 is 14.3 Å². The third kappa shape index (κ3) is 3.17. The number of amides is 1. The second-order valence-electron chi connectivity index (χ2n) is 5.49. The first-order valence-corrected chi connectivity index (χ1v) is 7.54. The standard InChI is InChI=1S/C15H18N4O3/c16-7-14-17-8-11(9-18-14)22-10-15(20)19-5-6-21-13-4-2-1-3-12(13)19/h8-9,12-13H,1-6,10H2. The molecule has 3 rings (SSSR count). The van der Waals surface area contributed by atoms with Crippen LogP contribution in [0.25, 0.3) is 0 Å². The van der Waals surface area contributed by atoms with Gasteiger partial charge in [0.25, 0.3) is 5.91 Å². The van der Waals surface area contributed by atoms with E-state index in [1.807, 2.05) is 11.0 Å². The summed E-state index contributed by atoms with van der Waals surface area (Å²) < 4.78 is 11.2. The molecule has 0 radical (unpaired) electrons. The van der Waals surface area contributed by atoms with E-state index in [1.54, 1.807) is 0 Å². The highest BCUT2D eigenvalue weighted by Gasteiger charge is 2.36. The summed E-state index contributed by atoms with van der Waals surface area (Å²) in [6.45, 7) is 1.17. The van der Waals surface area contributed by atoms with E-state index in [0.717, 1.165) is 19.3 Å². The minimum Gasteiger partial charge on any atom is -0.481 e. The Bertz CT molecular complexity index is 567. The third-order valence-electron chi connectivity index (χ3n) is 4.14. The van der Waals surface area contributed by atoms with E-state index in [2.05, 4.69) is 9.97 Å². The molecule has 1 amide bonds. The van der Waals surface area contributed by atoms with E-state index >= 15 is 0 Å². The van der Waals surface area contributed by atoms with Crippen molar-refractivity contribution in [3.8, 4) is 11.8 Å². The van der Waals surface area contributed by atoms with Crippen molar-refractivity contribution in [2.24, 2.45) is 0 Å². The van der Waals surface area contributed by atoms with Crippen molar-refractivity contribution in [2.75, 3.05) is 19.8 Å². The van der Waals surface area contributed by atoms with Gasteiger partial charge in [0.1, 0.15) is 6.07 Å². The van der Waals surface area contributed by atoms with Crippen molar-refractivity contribution in [1.29, 1.82) is 5.26 Å². The number of ether oxygens (including phenoxy) is 2. The van der Waals surface area contributed by atoms with E-state index in [1.165, 1.54) is 18.8 Å². The average Bonchev–Trinajstić information content (AvgIpc) is 2.59. The molecule has 1 saturated carbocycles. The lowest BCUT2D eigenvalue weighted by Crippen LogP contribution is -2.55. The largest absolute Gasteiger partial charge is 0.481 e. The van der Waals surface area contributed by atoms with Gasteiger partial charge in [-0.3, -0.25) is 4.79 Å². The molecule has 116 valence electrons. The number of hydrogen-bond donors (Lipinski definition) is 0. The van der Waals surface area contributed by atoms with Crippen molar-refractivity contribution in [3.05, 3.63) is 18.2 Å². The van der Waals surface area contributed by atoms with Gasteiger partial charge in [-0.15, -0.1) is 0 Å². The summed E-state index contributed by atoms with van der Waals surface area (Å²) in [6.07, 6.45) is 7.31. The maximum Gasteiger partial charge on any atom is 0.260 e. The summed E-state index contributed by atoms with van der Waals surface area (Å²) in [4.78, 5) is 21.9. The summed E-state index contributed by atoms with van der Waals surface area (Å²) in [5, 5.41) is 8.64. The Morgan fingerprint density at radius 1 is 1.41 bits per heavy atom. The number of hydrogen-bond acceptors (Lipinski definition) is 6. The fourth-order valence-electron chi connectivity index (χ4n) is 3.08. The van der Waals surface area contributed by atoms with Crippen LogP contribution < -0.4 is 4.74 Å². The molecule has 7 nitrogen and oxygen atoms in total.